The summed E-state index contributed by atoms with van der Waals surface area (Å²) < 4.78 is 64.5. The van der Waals surface area contributed by atoms with Crippen LogP contribution in [0.1, 0.15) is 43.8 Å². The Bertz CT molecular complexity index is 1750. The van der Waals surface area contributed by atoms with Crippen molar-refractivity contribution in [1.29, 1.82) is 0 Å². The first-order valence-electron chi connectivity index (χ1n) is 11.2. The number of alkyl halides is 4. The normalized spacial score (nSPS) is 16.5. The van der Waals surface area contributed by atoms with Gasteiger partial charge in [0.05, 0.1) is 0 Å². The van der Waals surface area contributed by atoms with Crippen molar-refractivity contribution in [1.82, 2.24) is 0 Å². The van der Waals surface area contributed by atoms with E-state index in [0.29, 0.717) is 20.9 Å². The van der Waals surface area contributed by atoms with Gasteiger partial charge in [-0.3, -0.25) is 0 Å². The lowest BCUT2D eigenvalue weighted by atomic mass is 9.88. The topological polar surface area (TPSA) is 0 Å². The van der Waals surface area contributed by atoms with E-state index in [4.69, 9.17) is 0 Å². The van der Waals surface area contributed by atoms with Crippen molar-refractivity contribution in [2.45, 2.75) is 39.5 Å². The van der Waals surface area contributed by atoms with Crippen molar-refractivity contribution in [2.75, 3.05) is 0 Å². The highest BCUT2D eigenvalue weighted by molar-refractivity contribution is 7.27. The Morgan fingerprint density at radius 2 is 1.20 bits per heavy atom. The van der Waals surface area contributed by atoms with Crippen molar-refractivity contribution in [3.63, 3.8) is 0 Å². The Morgan fingerprint density at radius 1 is 0.629 bits per heavy atom. The first kappa shape index (κ1) is 21.8. The molecule has 0 unspecified atom stereocenters. The van der Waals surface area contributed by atoms with Crippen molar-refractivity contribution < 1.29 is 17.6 Å². The maximum absolute atomic E-state index is 16.0. The molecule has 35 heavy (non-hydrogen) atoms. The zero-order valence-electron chi connectivity index (χ0n) is 19.2. The van der Waals surface area contributed by atoms with Gasteiger partial charge in [0.15, 0.2) is 0 Å². The molecule has 176 valence electrons. The SMILES string of the molecule is Cc1ccc2sc(-c3cc4c(s3)-c3c(C)c5c(c(C)c3C4(F)F)-c3sc(C)cc3C5(F)F)cc2c1. The van der Waals surface area contributed by atoms with Crippen LogP contribution in [0.2, 0.25) is 0 Å². The number of aryl methyl sites for hydroxylation is 2. The molecule has 7 heteroatoms. The van der Waals surface area contributed by atoms with E-state index in [1.807, 2.05) is 25.1 Å². The third-order valence-corrected chi connectivity index (χ3v) is 10.8. The Kier molecular flexibility index (Phi) is 4.13. The molecular formula is C28H18F4S3. The van der Waals surface area contributed by atoms with Crippen LogP contribution >= 0.6 is 34.0 Å². The molecule has 2 aromatic carbocycles. The molecule has 0 radical (unpaired) electrons. The second kappa shape index (κ2) is 6.64. The second-order valence-electron chi connectivity index (χ2n) is 9.50. The van der Waals surface area contributed by atoms with E-state index in [1.165, 1.54) is 28.7 Å². The predicted molar refractivity (Wildman–Crippen MR) is 139 cm³/mol. The Labute approximate surface area is 211 Å². The third-order valence-electron chi connectivity index (χ3n) is 7.26. The van der Waals surface area contributed by atoms with Crippen LogP contribution in [0.15, 0.2) is 36.4 Å². The van der Waals surface area contributed by atoms with Crippen LogP contribution < -0.4 is 0 Å². The minimum Gasteiger partial charge on any atom is -0.196 e. The summed E-state index contributed by atoms with van der Waals surface area (Å²) in [5.74, 6) is -6.43. The summed E-state index contributed by atoms with van der Waals surface area (Å²) in [6, 6.07) is 11.3. The number of hydrogen-bond donors (Lipinski definition) is 0. The number of halogens is 4. The molecule has 3 aromatic heterocycles. The molecule has 0 atom stereocenters. The molecule has 2 aliphatic rings. The van der Waals surface area contributed by atoms with E-state index >= 15 is 17.6 Å². The quantitative estimate of drug-likeness (QED) is 0.191. The average molecular weight is 527 g/mol. The molecule has 7 rings (SSSR count). The van der Waals surface area contributed by atoms with Crippen LogP contribution in [0.3, 0.4) is 0 Å². The molecule has 0 spiro atoms. The zero-order valence-corrected chi connectivity index (χ0v) is 21.7. The first-order chi connectivity index (χ1) is 16.5. The molecule has 3 heterocycles. The van der Waals surface area contributed by atoms with Crippen LogP contribution in [0.25, 0.3) is 40.7 Å². The molecule has 0 saturated carbocycles. The van der Waals surface area contributed by atoms with Crippen LogP contribution in [0.5, 0.6) is 0 Å². The summed E-state index contributed by atoms with van der Waals surface area (Å²) in [4.78, 5) is 3.27. The van der Waals surface area contributed by atoms with E-state index in [1.54, 1.807) is 38.2 Å². The summed E-state index contributed by atoms with van der Waals surface area (Å²) in [5.41, 5.74) is 1.94. The lowest BCUT2D eigenvalue weighted by Gasteiger charge is -2.22. The Morgan fingerprint density at radius 3 is 1.86 bits per heavy atom. The Hall–Kier alpha value is -2.48. The molecule has 0 aliphatic heterocycles. The van der Waals surface area contributed by atoms with Gasteiger partial charge in [0.1, 0.15) is 0 Å². The van der Waals surface area contributed by atoms with Gasteiger partial charge in [0.2, 0.25) is 0 Å². The van der Waals surface area contributed by atoms with Gasteiger partial charge in [0, 0.05) is 62.5 Å². The summed E-state index contributed by atoms with van der Waals surface area (Å²) >= 11 is 4.11. The highest BCUT2D eigenvalue weighted by Gasteiger charge is 2.54. The third kappa shape index (κ3) is 2.61. The molecular weight excluding hydrogens is 509 g/mol. The second-order valence-corrected chi connectivity index (χ2v) is 12.9. The summed E-state index contributed by atoms with van der Waals surface area (Å²) in [6.45, 7) is 6.96. The summed E-state index contributed by atoms with van der Waals surface area (Å²) in [5, 5.41) is 1.08. The molecule has 0 fully saturated rings. The van der Waals surface area contributed by atoms with Crippen LogP contribution in [0.4, 0.5) is 17.6 Å². The standard InChI is InChI=1S/C28H18F4S3/c1-11-5-6-18-15(7-11)9-19(34-18)20-10-17-26(35-20)22-14(4)23-21(13(3)24(22)28(17,31)32)25-16(27(23,29)30)8-12(2)33-25/h5-10H,1-4H3. The number of rotatable bonds is 1. The van der Waals surface area contributed by atoms with Gasteiger partial charge >= 0.3 is 11.8 Å². The highest BCUT2D eigenvalue weighted by Crippen LogP contribution is 2.64. The van der Waals surface area contributed by atoms with E-state index in [-0.39, 0.29) is 33.4 Å². The van der Waals surface area contributed by atoms with E-state index < -0.39 is 11.8 Å². The van der Waals surface area contributed by atoms with Gasteiger partial charge in [-0.05, 0) is 68.5 Å². The van der Waals surface area contributed by atoms with Gasteiger partial charge in [0.25, 0.3) is 0 Å². The van der Waals surface area contributed by atoms with E-state index in [2.05, 4.69) is 6.07 Å². The molecule has 2 aliphatic carbocycles. The van der Waals surface area contributed by atoms with Gasteiger partial charge in [-0.1, -0.05) is 17.7 Å². The molecule has 0 amide bonds. The highest BCUT2D eigenvalue weighted by atomic mass is 32.1. The molecule has 5 aromatic rings. The average Bonchev–Trinajstić information content (AvgIpc) is 3.54. The van der Waals surface area contributed by atoms with Gasteiger partial charge in [-0.15, -0.1) is 34.0 Å². The predicted octanol–water partition coefficient (Wildman–Crippen LogP) is 10.2. The number of benzene rings is 2. The molecule has 0 saturated heterocycles. The van der Waals surface area contributed by atoms with Gasteiger partial charge in [-0.2, -0.15) is 17.6 Å². The zero-order chi connectivity index (χ0) is 24.6. The van der Waals surface area contributed by atoms with Crippen LogP contribution in [-0.2, 0) is 11.8 Å². The maximum Gasteiger partial charge on any atom is 0.300 e. The maximum atomic E-state index is 16.0. The van der Waals surface area contributed by atoms with Crippen molar-refractivity contribution in [3.8, 4) is 30.6 Å². The first-order valence-corrected chi connectivity index (χ1v) is 13.7. The van der Waals surface area contributed by atoms with E-state index in [0.717, 1.165) is 30.3 Å². The number of thiophene rings is 3. The Balaban J connectivity index is 1.49. The monoisotopic (exact) mass is 526 g/mol. The van der Waals surface area contributed by atoms with Gasteiger partial charge < -0.3 is 0 Å². The van der Waals surface area contributed by atoms with Gasteiger partial charge in [-0.25, -0.2) is 0 Å². The van der Waals surface area contributed by atoms with E-state index in [9.17, 15) is 0 Å². The smallest absolute Gasteiger partial charge is 0.196 e. The summed E-state index contributed by atoms with van der Waals surface area (Å²) in [7, 11) is 0. The fourth-order valence-corrected chi connectivity index (χ4v) is 9.34. The van der Waals surface area contributed by atoms with Crippen molar-refractivity contribution in [2.24, 2.45) is 0 Å². The largest absolute Gasteiger partial charge is 0.300 e. The fourth-order valence-electron chi connectivity index (χ4n) is 5.77. The minimum absolute atomic E-state index is 0.0548. The number of hydrogen-bond acceptors (Lipinski definition) is 3. The molecule has 0 nitrogen and oxygen atoms in total. The van der Waals surface area contributed by atoms with Crippen molar-refractivity contribution >= 4 is 44.1 Å². The number of fused-ring (bicyclic) bond motifs is 7. The molecule has 0 N–H and O–H groups in total. The van der Waals surface area contributed by atoms with Crippen LogP contribution in [0, 0.1) is 27.7 Å². The minimum atomic E-state index is -3.24. The summed E-state index contributed by atoms with van der Waals surface area (Å²) in [6.07, 6.45) is 0. The lowest BCUT2D eigenvalue weighted by Crippen LogP contribution is -2.16. The lowest BCUT2D eigenvalue weighted by molar-refractivity contribution is 0.0443. The fraction of sp³-hybridized carbons (Fsp3) is 0.214. The molecule has 0 bridgehead atoms. The van der Waals surface area contributed by atoms with Crippen molar-refractivity contribution in [3.05, 3.63) is 80.2 Å². The van der Waals surface area contributed by atoms with Crippen LogP contribution in [-0.4, -0.2) is 0 Å².